The second-order valence-electron chi connectivity index (χ2n) is 4.36. The highest BCUT2D eigenvalue weighted by Gasteiger charge is 2.16. The third-order valence-corrected chi connectivity index (χ3v) is 3.36. The van der Waals surface area contributed by atoms with E-state index < -0.39 is 0 Å². The molecule has 0 aliphatic carbocycles. The number of aliphatic hydroxyl groups excluding tert-OH is 1. The fourth-order valence-electron chi connectivity index (χ4n) is 1.65. The minimum absolute atomic E-state index is 0.0879. The van der Waals surface area contributed by atoms with Crippen molar-refractivity contribution in [2.24, 2.45) is 0 Å². The van der Waals surface area contributed by atoms with Gasteiger partial charge < -0.3 is 9.84 Å². The molecule has 1 aromatic rings. The predicted octanol–water partition coefficient (Wildman–Crippen LogP) is 3.68. The van der Waals surface area contributed by atoms with Crippen LogP contribution in [-0.2, 0) is 0 Å². The average Bonchev–Trinajstić information content (AvgIpc) is 2.26. The van der Waals surface area contributed by atoms with E-state index in [2.05, 4.69) is 41.9 Å². The van der Waals surface area contributed by atoms with Crippen LogP contribution in [0.1, 0.15) is 43.7 Å². The number of halogens is 1. The van der Waals surface area contributed by atoms with Crippen molar-refractivity contribution in [1.29, 1.82) is 0 Å². The predicted molar refractivity (Wildman–Crippen MR) is 70.3 cm³/mol. The Kier molecular flexibility index (Phi) is 4.81. The molecule has 16 heavy (non-hydrogen) atoms. The summed E-state index contributed by atoms with van der Waals surface area (Å²) in [4.78, 5) is 0. The molecule has 0 fully saturated rings. The first kappa shape index (κ1) is 13.5. The molecule has 0 aliphatic rings. The van der Waals surface area contributed by atoms with Crippen molar-refractivity contribution < 1.29 is 9.84 Å². The lowest BCUT2D eigenvalue weighted by molar-refractivity contribution is 0.269. The van der Waals surface area contributed by atoms with Gasteiger partial charge in [0, 0.05) is 18.1 Å². The van der Waals surface area contributed by atoms with Crippen molar-refractivity contribution in [2.45, 2.75) is 32.6 Å². The second-order valence-corrected chi connectivity index (χ2v) is 5.22. The van der Waals surface area contributed by atoms with Gasteiger partial charge in [0.25, 0.3) is 0 Å². The first-order valence-electron chi connectivity index (χ1n) is 5.49. The Hall–Kier alpha value is -0.540. The molecule has 1 atom stereocenters. The molecule has 1 aromatic carbocycles. The quantitative estimate of drug-likeness (QED) is 0.915. The molecule has 1 rings (SSSR count). The largest absolute Gasteiger partial charge is 0.495 e. The number of hydrogen-bond acceptors (Lipinski definition) is 2. The molecule has 1 N–H and O–H groups in total. The molecule has 0 saturated heterocycles. The summed E-state index contributed by atoms with van der Waals surface area (Å²) in [5.74, 6) is 1.38. The zero-order valence-corrected chi connectivity index (χ0v) is 11.8. The lowest BCUT2D eigenvalue weighted by atomic mass is 9.94. The minimum Gasteiger partial charge on any atom is -0.495 e. The molecular formula is C13H19BrO2. The third-order valence-electron chi connectivity index (χ3n) is 2.77. The standard InChI is InChI=1S/C13H19BrO2/c1-8(2)10-5-11(9(3)7-15)13(16-4)12(14)6-10/h5-6,8-9,15H,7H2,1-4H3. The molecule has 0 amide bonds. The average molecular weight is 287 g/mol. The van der Waals surface area contributed by atoms with E-state index in [1.807, 2.05) is 6.92 Å². The molecule has 0 saturated carbocycles. The summed E-state index contributed by atoms with van der Waals surface area (Å²) in [7, 11) is 1.66. The van der Waals surface area contributed by atoms with Crippen molar-refractivity contribution >= 4 is 15.9 Å². The Morgan fingerprint density at radius 1 is 1.31 bits per heavy atom. The van der Waals surface area contributed by atoms with Gasteiger partial charge in [-0.25, -0.2) is 0 Å². The van der Waals surface area contributed by atoms with Gasteiger partial charge >= 0.3 is 0 Å². The highest BCUT2D eigenvalue weighted by molar-refractivity contribution is 9.10. The van der Waals surface area contributed by atoms with Gasteiger partial charge in [-0.2, -0.15) is 0 Å². The van der Waals surface area contributed by atoms with Crippen LogP contribution in [0.4, 0.5) is 0 Å². The zero-order valence-electron chi connectivity index (χ0n) is 10.2. The van der Waals surface area contributed by atoms with Gasteiger partial charge in [0.05, 0.1) is 11.6 Å². The SMILES string of the molecule is COc1c(Br)cc(C(C)C)cc1C(C)CO. The van der Waals surface area contributed by atoms with Gasteiger partial charge in [-0.05, 0) is 33.5 Å². The Balaban J connectivity index is 3.30. The molecule has 2 nitrogen and oxygen atoms in total. The first-order valence-corrected chi connectivity index (χ1v) is 6.28. The normalized spacial score (nSPS) is 12.9. The van der Waals surface area contributed by atoms with Crippen LogP contribution in [-0.4, -0.2) is 18.8 Å². The van der Waals surface area contributed by atoms with Crippen LogP contribution in [0.2, 0.25) is 0 Å². The van der Waals surface area contributed by atoms with Gasteiger partial charge in [0.15, 0.2) is 0 Å². The highest BCUT2D eigenvalue weighted by atomic mass is 79.9. The van der Waals surface area contributed by atoms with Crippen molar-refractivity contribution in [2.75, 3.05) is 13.7 Å². The highest BCUT2D eigenvalue weighted by Crippen LogP contribution is 2.36. The van der Waals surface area contributed by atoms with E-state index in [1.165, 1.54) is 5.56 Å². The van der Waals surface area contributed by atoms with Crippen molar-refractivity contribution in [1.82, 2.24) is 0 Å². The minimum atomic E-state index is 0.0879. The Morgan fingerprint density at radius 2 is 1.94 bits per heavy atom. The van der Waals surface area contributed by atoms with Crippen LogP contribution in [0.25, 0.3) is 0 Å². The zero-order chi connectivity index (χ0) is 12.3. The maximum atomic E-state index is 9.26. The molecule has 0 aromatic heterocycles. The number of benzene rings is 1. The van der Waals surface area contributed by atoms with E-state index in [9.17, 15) is 5.11 Å². The van der Waals surface area contributed by atoms with E-state index in [4.69, 9.17) is 4.74 Å². The van der Waals surface area contributed by atoms with Crippen molar-refractivity contribution in [3.63, 3.8) is 0 Å². The number of ether oxygens (including phenoxy) is 1. The van der Waals surface area contributed by atoms with Crippen LogP contribution in [0.5, 0.6) is 5.75 Å². The van der Waals surface area contributed by atoms with Gasteiger partial charge in [0.2, 0.25) is 0 Å². The number of methoxy groups -OCH3 is 1. The number of aliphatic hydroxyl groups is 1. The summed E-state index contributed by atoms with van der Waals surface area (Å²) in [5.41, 5.74) is 2.31. The summed E-state index contributed by atoms with van der Waals surface area (Å²) in [6.45, 7) is 6.43. The van der Waals surface area contributed by atoms with E-state index in [1.54, 1.807) is 7.11 Å². The lowest BCUT2D eigenvalue weighted by Crippen LogP contribution is -2.04. The topological polar surface area (TPSA) is 29.5 Å². The third kappa shape index (κ3) is 2.77. The summed E-state index contributed by atoms with van der Waals surface area (Å²) in [5, 5.41) is 9.26. The van der Waals surface area contributed by atoms with Crippen LogP contribution < -0.4 is 4.74 Å². The summed E-state index contributed by atoms with van der Waals surface area (Å²) in [6, 6.07) is 4.20. The molecule has 0 radical (unpaired) electrons. The Bertz CT molecular complexity index is 361. The van der Waals surface area contributed by atoms with E-state index in [0.29, 0.717) is 5.92 Å². The summed E-state index contributed by atoms with van der Waals surface area (Å²) >= 11 is 3.52. The van der Waals surface area contributed by atoms with Gasteiger partial charge in [0.1, 0.15) is 5.75 Å². The van der Waals surface area contributed by atoms with E-state index in [-0.39, 0.29) is 12.5 Å². The van der Waals surface area contributed by atoms with Crippen LogP contribution in [0.3, 0.4) is 0 Å². The Morgan fingerprint density at radius 3 is 2.38 bits per heavy atom. The van der Waals surface area contributed by atoms with E-state index >= 15 is 0 Å². The molecule has 0 heterocycles. The first-order chi connectivity index (χ1) is 7.51. The fourth-order valence-corrected chi connectivity index (χ4v) is 2.30. The number of rotatable bonds is 4. The fraction of sp³-hybridized carbons (Fsp3) is 0.538. The van der Waals surface area contributed by atoms with Crippen molar-refractivity contribution in [3.05, 3.63) is 27.7 Å². The molecule has 0 bridgehead atoms. The van der Waals surface area contributed by atoms with Crippen LogP contribution in [0, 0.1) is 0 Å². The van der Waals surface area contributed by atoms with Gasteiger partial charge in [-0.1, -0.05) is 26.8 Å². The molecular weight excluding hydrogens is 268 g/mol. The maximum Gasteiger partial charge on any atom is 0.136 e. The number of hydrogen-bond donors (Lipinski definition) is 1. The summed E-state index contributed by atoms with van der Waals surface area (Å²) < 4.78 is 6.33. The molecule has 90 valence electrons. The second kappa shape index (κ2) is 5.69. The van der Waals surface area contributed by atoms with E-state index in [0.717, 1.165) is 15.8 Å². The van der Waals surface area contributed by atoms with Gasteiger partial charge in [-0.15, -0.1) is 0 Å². The monoisotopic (exact) mass is 286 g/mol. The molecule has 1 unspecified atom stereocenters. The van der Waals surface area contributed by atoms with Gasteiger partial charge in [-0.3, -0.25) is 0 Å². The maximum absolute atomic E-state index is 9.26. The molecule has 0 spiro atoms. The molecule has 0 aliphatic heterocycles. The van der Waals surface area contributed by atoms with Crippen molar-refractivity contribution in [3.8, 4) is 5.75 Å². The smallest absolute Gasteiger partial charge is 0.136 e. The lowest BCUT2D eigenvalue weighted by Gasteiger charge is -2.18. The van der Waals surface area contributed by atoms with Crippen LogP contribution >= 0.6 is 15.9 Å². The summed E-state index contributed by atoms with van der Waals surface area (Å²) in [6.07, 6.45) is 0. The molecule has 3 heteroatoms. The Labute approximate surface area is 106 Å². The van der Waals surface area contributed by atoms with Crippen LogP contribution in [0.15, 0.2) is 16.6 Å².